The number of allylic oxidation sites excluding steroid dienone is 3. The van der Waals surface area contributed by atoms with Crippen LogP contribution in [0.3, 0.4) is 0 Å². The van der Waals surface area contributed by atoms with Gasteiger partial charge in [-0.15, -0.1) is 0 Å². The van der Waals surface area contributed by atoms with Gasteiger partial charge in [0.15, 0.2) is 0 Å². The Labute approximate surface area is 181 Å². The van der Waals surface area contributed by atoms with Crippen LogP contribution in [0, 0.1) is 11.3 Å². The third-order valence-corrected chi connectivity index (χ3v) is 6.82. The van der Waals surface area contributed by atoms with E-state index in [0.29, 0.717) is 0 Å². The van der Waals surface area contributed by atoms with Crippen LogP contribution in [0.1, 0.15) is 28.7 Å². The van der Waals surface area contributed by atoms with Gasteiger partial charge in [0, 0.05) is 31.9 Å². The summed E-state index contributed by atoms with van der Waals surface area (Å²) in [6.45, 7) is 1.92. The van der Waals surface area contributed by atoms with Crippen molar-refractivity contribution in [3.63, 3.8) is 0 Å². The first-order valence-corrected chi connectivity index (χ1v) is 11.0. The lowest BCUT2D eigenvalue weighted by Gasteiger charge is -2.33. The van der Waals surface area contributed by atoms with Crippen molar-refractivity contribution in [1.29, 1.82) is 5.26 Å². The number of hydrogen-bond donors (Lipinski definition) is 0. The molecule has 0 aliphatic carbocycles. The summed E-state index contributed by atoms with van der Waals surface area (Å²) in [6, 6.07) is 18.9. The summed E-state index contributed by atoms with van der Waals surface area (Å²) in [5.74, 6) is 0. The molecule has 3 aromatic rings. The van der Waals surface area contributed by atoms with Crippen molar-refractivity contribution in [3.05, 3.63) is 105 Å². The maximum atomic E-state index is 9.21. The van der Waals surface area contributed by atoms with Crippen LogP contribution in [0.2, 0.25) is 0 Å². The van der Waals surface area contributed by atoms with E-state index in [1.165, 1.54) is 26.6 Å². The normalized spacial score (nSPS) is 15.8. The highest BCUT2D eigenvalue weighted by Gasteiger charge is 2.21. The van der Waals surface area contributed by atoms with Gasteiger partial charge in [-0.1, -0.05) is 42.1 Å². The summed E-state index contributed by atoms with van der Waals surface area (Å²) in [7, 11) is 0. The first-order valence-electron chi connectivity index (χ1n) is 10.2. The monoisotopic (exact) mass is 410 g/mol. The Kier molecular flexibility index (Phi) is 5.17. The Balaban J connectivity index is 1.25. The summed E-state index contributed by atoms with van der Waals surface area (Å²) < 4.78 is 1.88. The van der Waals surface area contributed by atoms with Crippen LogP contribution in [-0.2, 0) is 19.4 Å². The maximum absolute atomic E-state index is 9.21. The highest BCUT2D eigenvalue weighted by atomic mass is 32.2. The van der Waals surface area contributed by atoms with Gasteiger partial charge in [0.25, 0.3) is 0 Å². The Morgan fingerprint density at radius 3 is 2.77 bits per heavy atom. The average molecular weight is 411 g/mol. The minimum atomic E-state index is 0.750. The molecule has 4 nitrogen and oxygen atoms in total. The second-order valence-electron chi connectivity index (χ2n) is 7.61. The molecule has 2 aliphatic heterocycles. The predicted octanol–water partition coefficient (Wildman–Crippen LogP) is 5.21. The standard InChI is InChI=1S/C25H22N4S/c26-17-20-5-8-21-11-14-28(18-22(21)15-20)25-4-1-3-24(30-25)16-19-6-9-23(10-7-19)29-13-2-12-27-29/h2-10,12-13,15H,1,11,14,16,18H2. The van der Waals surface area contributed by atoms with Gasteiger partial charge in [0.05, 0.1) is 22.3 Å². The molecule has 0 amide bonds. The lowest BCUT2D eigenvalue weighted by molar-refractivity contribution is 0.343. The van der Waals surface area contributed by atoms with E-state index in [1.54, 1.807) is 6.20 Å². The van der Waals surface area contributed by atoms with Crippen molar-refractivity contribution in [3.8, 4) is 11.8 Å². The van der Waals surface area contributed by atoms with Gasteiger partial charge in [0.1, 0.15) is 0 Å². The molecule has 0 atom stereocenters. The predicted molar refractivity (Wildman–Crippen MR) is 121 cm³/mol. The molecule has 1 aromatic heterocycles. The molecule has 3 heterocycles. The smallest absolute Gasteiger partial charge is 0.0991 e. The summed E-state index contributed by atoms with van der Waals surface area (Å²) in [5.41, 5.74) is 5.80. The lowest BCUT2D eigenvalue weighted by atomic mass is 9.98. The van der Waals surface area contributed by atoms with Crippen LogP contribution in [0.4, 0.5) is 0 Å². The van der Waals surface area contributed by atoms with Gasteiger partial charge in [-0.3, -0.25) is 0 Å². The zero-order valence-corrected chi connectivity index (χ0v) is 17.5. The fourth-order valence-corrected chi connectivity index (χ4v) is 5.17. The molecule has 5 heteroatoms. The zero-order chi connectivity index (χ0) is 20.3. The van der Waals surface area contributed by atoms with Crippen LogP contribution in [0.5, 0.6) is 0 Å². The van der Waals surface area contributed by atoms with Crippen molar-refractivity contribution >= 4 is 11.8 Å². The van der Waals surface area contributed by atoms with Crippen LogP contribution in [0.25, 0.3) is 5.69 Å². The molecule has 0 saturated heterocycles. The molecule has 148 valence electrons. The second-order valence-corrected chi connectivity index (χ2v) is 8.76. The SMILES string of the molecule is N#Cc1ccc2c(c1)CN(C1=CCC=C(Cc3ccc(-n4cccn4)cc3)S1)CC2. The Bertz CT molecular complexity index is 1150. The summed E-state index contributed by atoms with van der Waals surface area (Å²) in [6.07, 6.45) is 11.4. The van der Waals surface area contributed by atoms with Crippen LogP contribution >= 0.6 is 11.8 Å². The molecule has 0 spiro atoms. The molecular formula is C25H22N4S. The van der Waals surface area contributed by atoms with Gasteiger partial charge in [0.2, 0.25) is 0 Å². The van der Waals surface area contributed by atoms with E-state index < -0.39 is 0 Å². The summed E-state index contributed by atoms with van der Waals surface area (Å²) in [5, 5.41) is 14.8. The van der Waals surface area contributed by atoms with Gasteiger partial charge in [-0.2, -0.15) is 10.4 Å². The molecule has 0 N–H and O–H groups in total. The zero-order valence-electron chi connectivity index (χ0n) is 16.7. The Hall–Kier alpha value is -3.23. The fraction of sp³-hybridized carbons (Fsp3) is 0.200. The van der Waals surface area contributed by atoms with Gasteiger partial charge < -0.3 is 4.90 Å². The largest absolute Gasteiger partial charge is 0.362 e. The molecule has 0 fully saturated rings. The number of aromatic nitrogens is 2. The first kappa shape index (κ1) is 18.8. The van der Waals surface area contributed by atoms with Gasteiger partial charge in [-0.25, -0.2) is 4.68 Å². The average Bonchev–Trinajstić information content (AvgIpc) is 3.34. The number of hydrogen-bond acceptors (Lipinski definition) is 4. The quantitative estimate of drug-likeness (QED) is 0.592. The van der Waals surface area contributed by atoms with Crippen molar-refractivity contribution in [2.24, 2.45) is 0 Å². The van der Waals surface area contributed by atoms with Crippen molar-refractivity contribution in [2.45, 2.75) is 25.8 Å². The number of fused-ring (bicyclic) bond motifs is 1. The number of nitrogens with zero attached hydrogens (tertiary/aromatic N) is 4. The molecule has 2 aromatic carbocycles. The maximum Gasteiger partial charge on any atom is 0.0991 e. The van der Waals surface area contributed by atoms with E-state index in [9.17, 15) is 5.26 Å². The lowest BCUT2D eigenvalue weighted by Crippen LogP contribution is -2.29. The number of nitriles is 1. The van der Waals surface area contributed by atoms with E-state index in [2.05, 4.69) is 58.6 Å². The van der Waals surface area contributed by atoms with Gasteiger partial charge >= 0.3 is 0 Å². The molecule has 0 bridgehead atoms. The van der Waals surface area contributed by atoms with E-state index in [1.807, 2.05) is 40.8 Å². The molecule has 30 heavy (non-hydrogen) atoms. The number of thioether (sulfide) groups is 1. The fourth-order valence-electron chi connectivity index (χ4n) is 4.01. The van der Waals surface area contributed by atoms with Crippen molar-refractivity contribution in [1.82, 2.24) is 14.7 Å². The Morgan fingerprint density at radius 2 is 1.97 bits per heavy atom. The van der Waals surface area contributed by atoms with E-state index in [-0.39, 0.29) is 0 Å². The molecule has 0 saturated carbocycles. The molecule has 0 radical (unpaired) electrons. The van der Waals surface area contributed by atoms with Crippen LogP contribution < -0.4 is 0 Å². The highest BCUT2D eigenvalue weighted by Crippen LogP contribution is 2.37. The van der Waals surface area contributed by atoms with Crippen LogP contribution in [0.15, 0.2) is 83.0 Å². The second kappa shape index (κ2) is 8.25. The van der Waals surface area contributed by atoms with E-state index in [4.69, 9.17) is 0 Å². The van der Waals surface area contributed by atoms with Crippen LogP contribution in [-0.4, -0.2) is 21.2 Å². The minimum Gasteiger partial charge on any atom is -0.362 e. The van der Waals surface area contributed by atoms with Crippen molar-refractivity contribution < 1.29 is 0 Å². The number of benzene rings is 2. The summed E-state index contributed by atoms with van der Waals surface area (Å²) >= 11 is 1.89. The van der Waals surface area contributed by atoms with E-state index in [0.717, 1.165) is 43.6 Å². The molecule has 2 aliphatic rings. The third-order valence-electron chi connectivity index (χ3n) is 5.62. The topological polar surface area (TPSA) is 44.9 Å². The Morgan fingerprint density at radius 1 is 1.07 bits per heavy atom. The minimum absolute atomic E-state index is 0.750. The van der Waals surface area contributed by atoms with Crippen molar-refractivity contribution in [2.75, 3.05) is 6.54 Å². The van der Waals surface area contributed by atoms with E-state index >= 15 is 0 Å². The molecule has 0 unspecified atom stereocenters. The van der Waals surface area contributed by atoms with Gasteiger partial charge in [-0.05, 0) is 64.8 Å². The number of rotatable bonds is 4. The third kappa shape index (κ3) is 3.92. The highest BCUT2D eigenvalue weighted by molar-refractivity contribution is 8.06. The molecule has 5 rings (SSSR count). The summed E-state index contributed by atoms with van der Waals surface area (Å²) in [4.78, 5) is 3.86. The first-order chi connectivity index (χ1) is 14.8. The molecular weight excluding hydrogens is 388 g/mol.